The summed E-state index contributed by atoms with van der Waals surface area (Å²) >= 11 is 0. The van der Waals surface area contributed by atoms with E-state index in [1.54, 1.807) is 7.11 Å². The average molecular weight is 386 g/mol. The summed E-state index contributed by atoms with van der Waals surface area (Å²) in [5.74, 6) is 1.69. The Balaban J connectivity index is 1.58. The van der Waals surface area contributed by atoms with E-state index in [2.05, 4.69) is 22.2 Å². The first kappa shape index (κ1) is 20.2. The number of amides is 1. The van der Waals surface area contributed by atoms with Gasteiger partial charge >= 0.3 is 0 Å². The highest BCUT2D eigenvalue weighted by molar-refractivity contribution is 5.78. The van der Waals surface area contributed by atoms with Gasteiger partial charge < -0.3 is 14.8 Å². The van der Waals surface area contributed by atoms with E-state index in [1.807, 2.05) is 42.8 Å². The summed E-state index contributed by atoms with van der Waals surface area (Å²) in [5, 5.41) is 7.43. The number of hydrogen-bond donors (Lipinski definition) is 1. The number of aromatic nitrogens is 2. The van der Waals surface area contributed by atoms with E-state index >= 15 is 0 Å². The first-order chi connectivity index (χ1) is 13.5. The molecule has 0 saturated carbocycles. The largest absolute Gasteiger partial charge is 0.497 e. The predicted molar refractivity (Wildman–Crippen MR) is 108 cm³/mol. The standard InChI is InChI=1S/C21H30N4O3/c1-5-18-13-24(12-17-11-19(27-4)6-7-20(17)28-18)14-21(26)22-8-9-25-16(3)10-15(2)23-25/h6-7,10-11,18H,5,8-9,12-14H2,1-4H3,(H,22,26). The monoisotopic (exact) mass is 386 g/mol. The molecule has 1 aliphatic heterocycles. The molecule has 1 aromatic carbocycles. The molecular formula is C21H30N4O3. The number of ether oxygens (including phenoxy) is 2. The van der Waals surface area contributed by atoms with Crippen LogP contribution >= 0.6 is 0 Å². The fourth-order valence-electron chi connectivity index (χ4n) is 3.53. The quantitative estimate of drug-likeness (QED) is 0.791. The van der Waals surface area contributed by atoms with Crippen molar-refractivity contribution in [3.63, 3.8) is 0 Å². The Bertz CT molecular complexity index is 818. The minimum absolute atomic E-state index is 0.0164. The highest BCUT2D eigenvalue weighted by Gasteiger charge is 2.23. The Morgan fingerprint density at radius 3 is 2.86 bits per heavy atom. The molecule has 0 bridgehead atoms. The van der Waals surface area contributed by atoms with E-state index in [9.17, 15) is 4.79 Å². The first-order valence-electron chi connectivity index (χ1n) is 9.82. The fraction of sp³-hybridized carbons (Fsp3) is 0.524. The third kappa shape index (κ3) is 5.04. The van der Waals surface area contributed by atoms with Gasteiger partial charge in [-0.15, -0.1) is 0 Å². The highest BCUT2D eigenvalue weighted by atomic mass is 16.5. The molecule has 28 heavy (non-hydrogen) atoms. The van der Waals surface area contributed by atoms with Crippen LogP contribution in [0.25, 0.3) is 0 Å². The number of carbonyl (C=O) groups is 1. The molecule has 1 atom stereocenters. The topological polar surface area (TPSA) is 68.6 Å². The molecule has 152 valence electrons. The molecule has 1 N–H and O–H groups in total. The summed E-state index contributed by atoms with van der Waals surface area (Å²) in [6.45, 7) is 9.06. The lowest BCUT2D eigenvalue weighted by atomic mass is 10.2. The van der Waals surface area contributed by atoms with Crippen LogP contribution in [0.3, 0.4) is 0 Å². The predicted octanol–water partition coefficient (Wildman–Crippen LogP) is 2.30. The van der Waals surface area contributed by atoms with Crippen molar-refractivity contribution in [1.82, 2.24) is 20.0 Å². The zero-order chi connectivity index (χ0) is 20.1. The Labute approximate surface area is 166 Å². The van der Waals surface area contributed by atoms with Crippen LogP contribution < -0.4 is 14.8 Å². The Morgan fingerprint density at radius 1 is 1.36 bits per heavy atom. The van der Waals surface area contributed by atoms with Crippen LogP contribution in [-0.4, -0.2) is 53.4 Å². The maximum atomic E-state index is 12.5. The third-order valence-corrected chi connectivity index (χ3v) is 4.99. The second-order valence-corrected chi connectivity index (χ2v) is 7.29. The summed E-state index contributed by atoms with van der Waals surface area (Å²) in [5.41, 5.74) is 3.14. The molecule has 0 radical (unpaired) electrons. The molecule has 3 rings (SSSR count). The van der Waals surface area contributed by atoms with E-state index in [0.717, 1.165) is 41.4 Å². The van der Waals surface area contributed by atoms with Gasteiger partial charge in [0.25, 0.3) is 0 Å². The molecule has 0 aliphatic carbocycles. The molecule has 1 aliphatic rings. The molecule has 0 spiro atoms. The lowest BCUT2D eigenvalue weighted by Crippen LogP contribution is -2.41. The van der Waals surface area contributed by atoms with Crippen molar-refractivity contribution in [3.8, 4) is 11.5 Å². The maximum Gasteiger partial charge on any atom is 0.234 e. The SMILES string of the molecule is CCC1CN(CC(=O)NCCn2nc(C)cc2C)Cc2cc(OC)ccc2O1. The molecular weight excluding hydrogens is 356 g/mol. The second kappa shape index (κ2) is 9.10. The van der Waals surface area contributed by atoms with Gasteiger partial charge in [-0.1, -0.05) is 6.92 Å². The molecule has 2 heterocycles. The lowest BCUT2D eigenvalue weighted by Gasteiger charge is -2.22. The van der Waals surface area contributed by atoms with Crippen molar-refractivity contribution in [2.24, 2.45) is 0 Å². The van der Waals surface area contributed by atoms with E-state index < -0.39 is 0 Å². The normalized spacial score (nSPS) is 16.8. The van der Waals surface area contributed by atoms with Crippen LogP contribution in [0.15, 0.2) is 24.3 Å². The number of aryl methyl sites for hydroxylation is 2. The number of fused-ring (bicyclic) bond motifs is 1. The molecule has 1 amide bonds. The second-order valence-electron chi connectivity index (χ2n) is 7.29. The number of carbonyl (C=O) groups excluding carboxylic acids is 1. The lowest BCUT2D eigenvalue weighted by molar-refractivity contribution is -0.122. The van der Waals surface area contributed by atoms with Crippen LogP contribution in [0.2, 0.25) is 0 Å². The Kier molecular flexibility index (Phi) is 6.57. The zero-order valence-corrected chi connectivity index (χ0v) is 17.2. The van der Waals surface area contributed by atoms with Crippen LogP contribution in [-0.2, 0) is 17.9 Å². The number of methoxy groups -OCH3 is 1. The van der Waals surface area contributed by atoms with Gasteiger partial charge in [0.1, 0.15) is 17.6 Å². The minimum atomic E-state index is 0.0164. The van der Waals surface area contributed by atoms with Gasteiger partial charge in [0.05, 0.1) is 25.9 Å². The summed E-state index contributed by atoms with van der Waals surface area (Å²) in [6, 6.07) is 7.89. The molecule has 2 aromatic rings. The van der Waals surface area contributed by atoms with E-state index in [4.69, 9.17) is 9.47 Å². The van der Waals surface area contributed by atoms with Crippen LogP contribution in [0.5, 0.6) is 11.5 Å². The third-order valence-electron chi connectivity index (χ3n) is 4.99. The Morgan fingerprint density at radius 2 is 2.18 bits per heavy atom. The van der Waals surface area contributed by atoms with Crippen molar-refractivity contribution < 1.29 is 14.3 Å². The van der Waals surface area contributed by atoms with Gasteiger partial charge in [-0.3, -0.25) is 14.4 Å². The molecule has 1 unspecified atom stereocenters. The van der Waals surface area contributed by atoms with Gasteiger partial charge in [0.2, 0.25) is 5.91 Å². The molecule has 0 saturated heterocycles. The van der Waals surface area contributed by atoms with Gasteiger partial charge in [-0.25, -0.2) is 0 Å². The van der Waals surface area contributed by atoms with Gasteiger partial charge in [0, 0.05) is 30.9 Å². The van der Waals surface area contributed by atoms with E-state index in [1.165, 1.54) is 0 Å². The number of benzene rings is 1. The smallest absolute Gasteiger partial charge is 0.234 e. The number of nitrogens with zero attached hydrogens (tertiary/aromatic N) is 3. The van der Waals surface area contributed by atoms with E-state index in [0.29, 0.717) is 26.2 Å². The average Bonchev–Trinajstić information content (AvgIpc) is 2.88. The van der Waals surface area contributed by atoms with E-state index in [-0.39, 0.29) is 12.0 Å². The minimum Gasteiger partial charge on any atom is -0.497 e. The van der Waals surface area contributed by atoms with Crippen molar-refractivity contribution in [1.29, 1.82) is 0 Å². The van der Waals surface area contributed by atoms with Gasteiger partial charge in [-0.2, -0.15) is 5.10 Å². The number of rotatable bonds is 7. The summed E-state index contributed by atoms with van der Waals surface area (Å²) in [4.78, 5) is 14.6. The van der Waals surface area contributed by atoms with Crippen molar-refractivity contribution in [2.75, 3.05) is 26.7 Å². The fourth-order valence-corrected chi connectivity index (χ4v) is 3.53. The molecule has 7 heteroatoms. The highest BCUT2D eigenvalue weighted by Crippen LogP contribution is 2.29. The van der Waals surface area contributed by atoms with Crippen LogP contribution in [0.1, 0.15) is 30.3 Å². The van der Waals surface area contributed by atoms with Crippen LogP contribution in [0, 0.1) is 13.8 Å². The zero-order valence-electron chi connectivity index (χ0n) is 17.2. The Hall–Kier alpha value is -2.54. The van der Waals surface area contributed by atoms with Crippen molar-refractivity contribution in [2.45, 2.75) is 46.4 Å². The molecule has 0 fully saturated rings. The van der Waals surface area contributed by atoms with Gasteiger partial charge in [0.15, 0.2) is 0 Å². The first-order valence-corrected chi connectivity index (χ1v) is 9.82. The summed E-state index contributed by atoms with van der Waals surface area (Å²) in [6.07, 6.45) is 0.957. The van der Waals surface area contributed by atoms with Gasteiger partial charge in [-0.05, 0) is 44.5 Å². The summed E-state index contributed by atoms with van der Waals surface area (Å²) < 4.78 is 13.4. The molecule has 7 nitrogen and oxygen atoms in total. The van der Waals surface area contributed by atoms with Crippen molar-refractivity contribution in [3.05, 3.63) is 41.2 Å². The van der Waals surface area contributed by atoms with Crippen LogP contribution in [0.4, 0.5) is 0 Å². The number of hydrogen-bond acceptors (Lipinski definition) is 5. The van der Waals surface area contributed by atoms with Crippen molar-refractivity contribution >= 4 is 5.91 Å². The molecule has 1 aromatic heterocycles. The summed E-state index contributed by atoms with van der Waals surface area (Å²) in [7, 11) is 1.65. The number of nitrogens with one attached hydrogen (secondary N) is 1. The maximum absolute atomic E-state index is 12.5.